The summed E-state index contributed by atoms with van der Waals surface area (Å²) in [6.07, 6.45) is 3.15. The summed E-state index contributed by atoms with van der Waals surface area (Å²) >= 11 is 0. The van der Waals surface area contributed by atoms with Gasteiger partial charge in [-0.2, -0.15) is 0 Å². The minimum Gasteiger partial charge on any atom is -0.378 e. The molecule has 1 unspecified atom stereocenters. The molecule has 3 nitrogen and oxygen atoms in total. The van der Waals surface area contributed by atoms with Crippen molar-refractivity contribution in [3.8, 4) is 0 Å². The summed E-state index contributed by atoms with van der Waals surface area (Å²) in [5, 5.41) is 13.7. The van der Waals surface area contributed by atoms with E-state index in [9.17, 15) is 5.11 Å². The first-order valence-electron chi connectivity index (χ1n) is 7.93. The average Bonchev–Trinajstić information content (AvgIpc) is 2.55. The first-order valence-corrected chi connectivity index (χ1v) is 7.93. The van der Waals surface area contributed by atoms with Gasteiger partial charge in [-0.1, -0.05) is 38.1 Å². The summed E-state index contributed by atoms with van der Waals surface area (Å²) in [4.78, 5) is 8.26. The molecule has 3 heteroatoms. The van der Waals surface area contributed by atoms with Gasteiger partial charge in [0, 0.05) is 6.20 Å². The van der Waals surface area contributed by atoms with E-state index in [1.54, 1.807) is 12.3 Å². The number of aliphatic hydroxyl groups is 1. The van der Waals surface area contributed by atoms with Crippen molar-refractivity contribution >= 4 is 10.8 Å². The lowest BCUT2D eigenvalue weighted by molar-refractivity contribution is 0.0275. The molecule has 1 aromatic heterocycles. The second-order valence-corrected chi connectivity index (χ2v) is 6.51. The van der Waals surface area contributed by atoms with Crippen molar-refractivity contribution in [2.45, 2.75) is 33.3 Å². The van der Waals surface area contributed by atoms with Crippen LogP contribution in [0, 0.1) is 19.8 Å². The number of aromatic nitrogens is 2. The molecule has 3 rings (SSSR count). The number of nitrogens with zero attached hydrogens (tertiary/aromatic N) is 2. The van der Waals surface area contributed by atoms with E-state index in [2.05, 4.69) is 48.1 Å². The van der Waals surface area contributed by atoms with Crippen molar-refractivity contribution in [3.63, 3.8) is 0 Å². The van der Waals surface area contributed by atoms with Gasteiger partial charge in [0.05, 0.1) is 5.69 Å². The number of fused-ring (bicyclic) bond motifs is 1. The summed E-state index contributed by atoms with van der Waals surface area (Å²) in [5.41, 5.74) is 2.90. The Morgan fingerprint density at radius 1 is 0.957 bits per heavy atom. The number of hydrogen-bond acceptors (Lipinski definition) is 3. The predicted molar refractivity (Wildman–Crippen MR) is 93.3 cm³/mol. The van der Waals surface area contributed by atoms with Gasteiger partial charge in [-0.3, -0.25) is 0 Å². The third-order valence-corrected chi connectivity index (χ3v) is 4.70. The van der Waals surface area contributed by atoms with E-state index in [1.165, 1.54) is 22.8 Å². The molecular weight excluding hydrogens is 284 g/mol. The molecule has 3 aromatic rings. The highest BCUT2D eigenvalue weighted by molar-refractivity contribution is 5.85. The Labute approximate surface area is 137 Å². The van der Waals surface area contributed by atoms with Gasteiger partial charge in [0.25, 0.3) is 0 Å². The summed E-state index contributed by atoms with van der Waals surface area (Å²) in [5.74, 6) is -0.0126. The van der Waals surface area contributed by atoms with Crippen LogP contribution in [0.5, 0.6) is 0 Å². The molecular formula is C20H22N2O. The molecule has 23 heavy (non-hydrogen) atoms. The molecule has 1 heterocycles. The lowest BCUT2D eigenvalue weighted by Gasteiger charge is -2.32. The van der Waals surface area contributed by atoms with Gasteiger partial charge in [0.1, 0.15) is 11.9 Å². The van der Waals surface area contributed by atoms with Crippen LogP contribution in [0.1, 0.15) is 36.2 Å². The van der Waals surface area contributed by atoms with Crippen molar-refractivity contribution in [1.82, 2.24) is 9.97 Å². The Kier molecular flexibility index (Phi) is 3.90. The number of benzene rings is 2. The van der Waals surface area contributed by atoms with Crippen molar-refractivity contribution in [1.29, 1.82) is 0 Å². The van der Waals surface area contributed by atoms with E-state index >= 15 is 0 Å². The quantitative estimate of drug-likeness (QED) is 0.791. The second kappa shape index (κ2) is 5.74. The summed E-state index contributed by atoms with van der Waals surface area (Å²) in [7, 11) is 0. The molecule has 0 fully saturated rings. The maximum Gasteiger partial charge on any atom is 0.134 e. The third kappa shape index (κ3) is 2.62. The third-order valence-electron chi connectivity index (χ3n) is 4.70. The van der Waals surface area contributed by atoms with Crippen LogP contribution in [-0.4, -0.2) is 15.1 Å². The highest BCUT2D eigenvalue weighted by atomic mass is 16.3. The molecule has 1 atom stereocenters. The molecule has 0 spiro atoms. The van der Waals surface area contributed by atoms with E-state index < -0.39 is 5.60 Å². The van der Waals surface area contributed by atoms with Crippen LogP contribution in [0.25, 0.3) is 10.8 Å². The van der Waals surface area contributed by atoms with Gasteiger partial charge in [0.15, 0.2) is 0 Å². The molecule has 0 aliphatic carbocycles. The van der Waals surface area contributed by atoms with Crippen LogP contribution < -0.4 is 0 Å². The van der Waals surface area contributed by atoms with Crippen molar-refractivity contribution in [2.24, 2.45) is 5.92 Å². The summed E-state index contributed by atoms with van der Waals surface area (Å²) in [6, 6.07) is 12.3. The zero-order valence-corrected chi connectivity index (χ0v) is 14.0. The van der Waals surface area contributed by atoms with Crippen LogP contribution in [0.3, 0.4) is 0 Å². The van der Waals surface area contributed by atoms with Gasteiger partial charge in [-0.05, 0) is 59.4 Å². The Morgan fingerprint density at radius 3 is 2.26 bits per heavy atom. The Hall–Kier alpha value is -2.26. The standard InChI is InChI=1S/C20H22N2O/c1-13(2)20(23,19-7-8-21-12-22-19)18-6-5-16-9-14(3)15(4)10-17(16)11-18/h5-13,23H,1-4H3. The maximum atomic E-state index is 11.4. The first kappa shape index (κ1) is 15.6. The monoisotopic (exact) mass is 306 g/mol. The second-order valence-electron chi connectivity index (χ2n) is 6.51. The topological polar surface area (TPSA) is 46.0 Å². The van der Waals surface area contributed by atoms with Crippen LogP contribution >= 0.6 is 0 Å². The lowest BCUT2D eigenvalue weighted by atomic mass is 9.79. The summed E-state index contributed by atoms with van der Waals surface area (Å²) < 4.78 is 0. The smallest absolute Gasteiger partial charge is 0.134 e. The van der Waals surface area contributed by atoms with Gasteiger partial charge in [-0.15, -0.1) is 0 Å². The fourth-order valence-corrected chi connectivity index (χ4v) is 3.06. The van der Waals surface area contributed by atoms with Crippen LogP contribution in [0.2, 0.25) is 0 Å². The van der Waals surface area contributed by atoms with E-state index in [0.717, 1.165) is 10.9 Å². The highest BCUT2D eigenvalue weighted by Gasteiger charge is 2.36. The largest absolute Gasteiger partial charge is 0.378 e. The van der Waals surface area contributed by atoms with Crippen molar-refractivity contribution < 1.29 is 5.11 Å². The van der Waals surface area contributed by atoms with Gasteiger partial charge in [-0.25, -0.2) is 9.97 Å². The minimum atomic E-state index is -1.13. The fourth-order valence-electron chi connectivity index (χ4n) is 3.06. The zero-order valence-electron chi connectivity index (χ0n) is 14.0. The van der Waals surface area contributed by atoms with Crippen LogP contribution in [-0.2, 0) is 5.60 Å². The molecule has 0 aliphatic rings. The Morgan fingerprint density at radius 2 is 1.65 bits per heavy atom. The SMILES string of the molecule is Cc1cc2ccc(C(O)(c3ccncn3)C(C)C)cc2cc1C. The number of rotatable bonds is 3. The molecule has 0 bridgehead atoms. The van der Waals surface area contributed by atoms with Crippen molar-refractivity contribution in [3.05, 3.63) is 71.3 Å². The van der Waals surface area contributed by atoms with E-state index in [1.807, 2.05) is 19.9 Å². The molecule has 118 valence electrons. The van der Waals surface area contributed by atoms with Gasteiger partial charge in [0.2, 0.25) is 0 Å². The van der Waals surface area contributed by atoms with Gasteiger partial charge < -0.3 is 5.11 Å². The molecule has 0 aliphatic heterocycles. The van der Waals surface area contributed by atoms with E-state index in [0.29, 0.717) is 5.69 Å². The predicted octanol–water partition coefficient (Wildman–Crippen LogP) is 4.14. The Balaban J connectivity index is 2.21. The highest BCUT2D eigenvalue weighted by Crippen LogP contribution is 2.37. The van der Waals surface area contributed by atoms with Crippen LogP contribution in [0.15, 0.2) is 48.9 Å². The van der Waals surface area contributed by atoms with E-state index in [-0.39, 0.29) is 5.92 Å². The normalized spacial score (nSPS) is 14.2. The Bertz CT molecular complexity index is 843. The lowest BCUT2D eigenvalue weighted by Crippen LogP contribution is -2.34. The molecule has 0 saturated carbocycles. The summed E-state index contributed by atoms with van der Waals surface area (Å²) in [6.45, 7) is 8.24. The fraction of sp³-hybridized carbons (Fsp3) is 0.300. The zero-order chi connectivity index (χ0) is 16.6. The van der Waals surface area contributed by atoms with E-state index in [4.69, 9.17) is 0 Å². The molecule has 0 saturated heterocycles. The first-order chi connectivity index (χ1) is 10.9. The van der Waals surface area contributed by atoms with Crippen LogP contribution in [0.4, 0.5) is 0 Å². The van der Waals surface area contributed by atoms with Crippen molar-refractivity contribution in [2.75, 3.05) is 0 Å². The molecule has 0 amide bonds. The number of hydrogen-bond donors (Lipinski definition) is 1. The molecule has 2 aromatic carbocycles. The maximum absolute atomic E-state index is 11.4. The van der Waals surface area contributed by atoms with Gasteiger partial charge >= 0.3 is 0 Å². The molecule has 1 N–H and O–H groups in total. The minimum absolute atomic E-state index is 0.0126. The molecule has 0 radical (unpaired) electrons. The number of aryl methyl sites for hydroxylation is 2. The average molecular weight is 306 g/mol.